The second-order valence-corrected chi connectivity index (χ2v) is 5.99. The zero-order valence-electron chi connectivity index (χ0n) is 13.6. The number of rotatable bonds is 4. The van der Waals surface area contributed by atoms with Gasteiger partial charge in [-0.25, -0.2) is 9.97 Å². The van der Waals surface area contributed by atoms with E-state index in [1.165, 1.54) is 0 Å². The molecular formula is C17H18N6O. The van der Waals surface area contributed by atoms with Crippen LogP contribution in [-0.2, 0) is 11.8 Å². The van der Waals surface area contributed by atoms with Gasteiger partial charge in [-0.05, 0) is 25.0 Å². The van der Waals surface area contributed by atoms with Gasteiger partial charge >= 0.3 is 0 Å². The molecule has 0 bridgehead atoms. The third-order valence-corrected chi connectivity index (χ3v) is 4.31. The Kier molecular flexibility index (Phi) is 3.41. The minimum atomic E-state index is 0.0480. The van der Waals surface area contributed by atoms with Gasteiger partial charge < -0.3 is 10.6 Å². The van der Waals surface area contributed by atoms with Gasteiger partial charge in [0.25, 0.3) is 0 Å². The monoisotopic (exact) mass is 322 g/mol. The third kappa shape index (κ3) is 2.47. The summed E-state index contributed by atoms with van der Waals surface area (Å²) in [7, 11) is 3.72. The predicted molar refractivity (Wildman–Crippen MR) is 92.6 cm³/mol. The minimum absolute atomic E-state index is 0.0480. The van der Waals surface area contributed by atoms with Crippen LogP contribution in [0.25, 0.3) is 22.0 Å². The van der Waals surface area contributed by atoms with E-state index in [9.17, 15) is 4.79 Å². The third-order valence-electron chi connectivity index (χ3n) is 4.31. The Morgan fingerprint density at radius 3 is 2.75 bits per heavy atom. The highest BCUT2D eigenvalue weighted by Gasteiger charge is 2.29. The molecule has 3 heterocycles. The molecule has 7 nitrogen and oxygen atoms in total. The molecule has 122 valence electrons. The van der Waals surface area contributed by atoms with Crippen molar-refractivity contribution in [2.24, 2.45) is 13.0 Å². The van der Waals surface area contributed by atoms with Gasteiger partial charge in [0.2, 0.25) is 5.91 Å². The molecule has 4 rings (SSSR count). The van der Waals surface area contributed by atoms with Gasteiger partial charge in [0.05, 0.1) is 5.69 Å². The minimum Gasteiger partial charge on any atom is -0.373 e. The van der Waals surface area contributed by atoms with Crippen LogP contribution in [-0.4, -0.2) is 32.7 Å². The molecule has 1 aliphatic carbocycles. The SMILES string of the molecule is CNc1ncc(-c2ccnn2C)c2cc(NC(=O)C3CC3)ncc12. The van der Waals surface area contributed by atoms with Gasteiger partial charge in [-0.2, -0.15) is 5.10 Å². The zero-order chi connectivity index (χ0) is 16.7. The summed E-state index contributed by atoms with van der Waals surface area (Å²) in [6.45, 7) is 0. The molecule has 3 aromatic heterocycles. The fourth-order valence-corrected chi connectivity index (χ4v) is 2.82. The van der Waals surface area contributed by atoms with Gasteiger partial charge in [-0.15, -0.1) is 0 Å². The van der Waals surface area contributed by atoms with Gasteiger partial charge in [0.1, 0.15) is 11.6 Å². The fourth-order valence-electron chi connectivity index (χ4n) is 2.82. The topological polar surface area (TPSA) is 84.7 Å². The van der Waals surface area contributed by atoms with Gasteiger partial charge in [0, 0.05) is 54.9 Å². The number of anilines is 2. The molecule has 24 heavy (non-hydrogen) atoms. The lowest BCUT2D eigenvalue weighted by Gasteiger charge is -2.12. The highest BCUT2D eigenvalue weighted by molar-refractivity contribution is 6.03. The number of pyridine rings is 2. The number of aromatic nitrogens is 4. The number of carbonyl (C=O) groups excluding carboxylic acids is 1. The van der Waals surface area contributed by atoms with Crippen LogP contribution in [0.3, 0.4) is 0 Å². The average Bonchev–Trinajstić information content (AvgIpc) is 3.36. The number of hydrogen-bond donors (Lipinski definition) is 2. The molecule has 1 aliphatic rings. The number of nitrogens with one attached hydrogen (secondary N) is 2. The van der Waals surface area contributed by atoms with Crippen LogP contribution in [0, 0.1) is 5.92 Å². The van der Waals surface area contributed by atoms with Crippen molar-refractivity contribution in [2.45, 2.75) is 12.8 Å². The van der Waals surface area contributed by atoms with Crippen LogP contribution in [0.5, 0.6) is 0 Å². The van der Waals surface area contributed by atoms with Crippen LogP contribution >= 0.6 is 0 Å². The Morgan fingerprint density at radius 1 is 1.25 bits per heavy atom. The molecule has 2 N–H and O–H groups in total. The van der Waals surface area contributed by atoms with Crippen molar-refractivity contribution in [1.29, 1.82) is 0 Å². The van der Waals surface area contributed by atoms with Gasteiger partial charge in [-0.3, -0.25) is 9.48 Å². The van der Waals surface area contributed by atoms with E-state index >= 15 is 0 Å². The van der Waals surface area contributed by atoms with E-state index in [1.807, 2.05) is 32.4 Å². The van der Waals surface area contributed by atoms with Crippen molar-refractivity contribution in [1.82, 2.24) is 19.7 Å². The number of carbonyl (C=O) groups is 1. The van der Waals surface area contributed by atoms with Crippen molar-refractivity contribution in [2.75, 3.05) is 17.7 Å². The van der Waals surface area contributed by atoms with E-state index in [4.69, 9.17) is 0 Å². The first-order chi connectivity index (χ1) is 11.7. The first-order valence-corrected chi connectivity index (χ1v) is 7.93. The van der Waals surface area contributed by atoms with Crippen LogP contribution < -0.4 is 10.6 Å². The standard InChI is InChI=1S/C17H18N6O/c1-18-16-13-9-19-15(22-17(24)10-3-4-10)7-11(13)12(8-20-16)14-5-6-21-23(14)2/h5-10H,3-4H2,1-2H3,(H,18,20)(H,19,22,24). The van der Waals surface area contributed by atoms with Crippen LogP contribution in [0.1, 0.15) is 12.8 Å². The van der Waals surface area contributed by atoms with Crippen molar-refractivity contribution in [3.8, 4) is 11.3 Å². The summed E-state index contributed by atoms with van der Waals surface area (Å²) in [5.74, 6) is 1.51. The maximum atomic E-state index is 12.0. The summed E-state index contributed by atoms with van der Waals surface area (Å²) >= 11 is 0. The smallest absolute Gasteiger partial charge is 0.228 e. The molecule has 0 radical (unpaired) electrons. The number of nitrogens with zero attached hydrogens (tertiary/aromatic N) is 4. The average molecular weight is 322 g/mol. The Bertz CT molecular complexity index is 928. The molecule has 7 heteroatoms. The summed E-state index contributed by atoms with van der Waals surface area (Å²) in [5.41, 5.74) is 1.91. The number of aryl methyl sites for hydroxylation is 1. The van der Waals surface area contributed by atoms with E-state index in [1.54, 1.807) is 17.1 Å². The second-order valence-electron chi connectivity index (χ2n) is 5.99. The Hall–Kier alpha value is -2.96. The first kappa shape index (κ1) is 14.6. The van der Waals surface area contributed by atoms with Crippen LogP contribution in [0.2, 0.25) is 0 Å². The Balaban J connectivity index is 1.85. The van der Waals surface area contributed by atoms with E-state index in [0.29, 0.717) is 5.82 Å². The Labute approximate surface area is 139 Å². The lowest BCUT2D eigenvalue weighted by Crippen LogP contribution is -2.14. The van der Waals surface area contributed by atoms with Crippen molar-refractivity contribution < 1.29 is 4.79 Å². The molecule has 1 amide bonds. The van der Waals surface area contributed by atoms with Crippen molar-refractivity contribution in [3.05, 3.63) is 30.7 Å². The maximum absolute atomic E-state index is 12.0. The van der Waals surface area contributed by atoms with E-state index in [2.05, 4.69) is 25.7 Å². The largest absolute Gasteiger partial charge is 0.373 e. The lowest BCUT2D eigenvalue weighted by molar-refractivity contribution is -0.117. The summed E-state index contributed by atoms with van der Waals surface area (Å²) in [5, 5.41) is 12.1. The van der Waals surface area contributed by atoms with E-state index in [0.717, 1.165) is 40.7 Å². The summed E-state index contributed by atoms with van der Waals surface area (Å²) in [6, 6.07) is 3.85. The van der Waals surface area contributed by atoms with Gasteiger partial charge in [-0.1, -0.05) is 0 Å². The molecule has 0 aliphatic heterocycles. The summed E-state index contributed by atoms with van der Waals surface area (Å²) in [6.07, 6.45) is 7.25. The van der Waals surface area contributed by atoms with Crippen molar-refractivity contribution in [3.63, 3.8) is 0 Å². The quantitative estimate of drug-likeness (QED) is 0.770. The highest BCUT2D eigenvalue weighted by atomic mass is 16.2. The van der Waals surface area contributed by atoms with Crippen LogP contribution in [0.15, 0.2) is 30.7 Å². The highest BCUT2D eigenvalue weighted by Crippen LogP contribution is 2.33. The van der Waals surface area contributed by atoms with Gasteiger partial charge in [0.15, 0.2) is 0 Å². The first-order valence-electron chi connectivity index (χ1n) is 7.93. The van der Waals surface area contributed by atoms with Crippen LogP contribution in [0.4, 0.5) is 11.6 Å². The van der Waals surface area contributed by atoms with E-state index < -0.39 is 0 Å². The number of amides is 1. The molecule has 0 aromatic carbocycles. The molecule has 0 spiro atoms. The Morgan fingerprint density at radius 2 is 2.08 bits per heavy atom. The number of fused-ring (bicyclic) bond motifs is 1. The second kappa shape index (κ2) is 5.59. The fraction of sp³-hybridized carbons (Fsp3) is 0.294. The maximum Gasteiger partial charge on any atom is 0.228 e. The zero-order valence-corrected chi connectivity index (χ0v) is 13.6. The van der Waals surface area contributed by atoms with Crippen molar-refractivity contribution >= 4 is 28.3 Å². The number of hydrogen-bond acceptors (Lipinski definition) is 5. The molecule has 3 aromatic rings. The van der Waals surface area contributed by atoms with E-state index in [-0.39, 0.29) is 11.8 Å². The molecule has 1 saturated carbocycles. The molecule has 0 atom stereocenters. The lowest BCUT2D eigenvalue weighted by atomic mass is 10.1. The molecule has 0 saturated heterocycles. The molecular weight excluding hydrogens is 304 g/mol. The normalized spacial score (nSPS) is 13.9. The molecule has 1 fully saturated rings. The molecule has 0 unspecified atom stereocenters. The summed E-state index contributed by atoms with van der Waals surface area (Å²) in [4.78, 5) is 20.9. The predicted octanol–water partition coefficient (Wildman–Crippen LogP) is 2.42. The summed E-state index contributed by atoms with van der Waals surface area (Å²) < 4.78 is 1.80.